The number of anilines is 1. The van der Waals surface area contributed by atoms with E-state index in [2.05, 4.69) is 16.0 Å². The fourth-order valence-corrected chi connectivity index (χ4v) is 5.02. The summed E-state index contributed by atoms with van der Waals surface area (Å²) in [6, 6.07) is 13.8. The van der Waals surface area contributed by atoms with Gasteiger partial charge in [-0.15, -0.1) is 0 Å². The number of thioether (sulfide) groups is 1. The predicted octanol–water partition coefficient (Wildman–Crippen LogP) is 2.04. The summed E-state index contributed by atoms with van der Waals surface area (Å²) < 4.78 is 22.8. The van der Waals surface area contributed by atoms with Crippen molar-refractivity contribution in [1.29, 1.82) is 0 Å². The third kappa shape index (κ3) is 7.09. The number of carbonyl (C=O) groups is 2. The molecule has 0 aromatic heterocycles. The van der Waals surface area contributed by atoms with E-state index in [1.54, 1.807) is 12.1 Å². The number of rotatable bonds is 11. The van der Waals surface area contributed by atoms with Gasteiger partial charge in [0.1, 0.15) is 6.04 Å². The Balaban J connectivity index is 1.83. The van der Waals surface area contributed by atoms with Gasteiger partial charge >= 0.3 is 5.97 Å². The van der Waals surface area contributed by atoms with Gasteiger partial charge in [0, 0.05) is 24.3 Å². The van der Waals surface area contributed by atoms with Crippen molar-refractivity contribution in [3.05, 3.63) is 65.2 Å². The van der Waals surface area contributed by atoms with Crippen LogP contribution in [0.4, 0.5) is 5.69 Å². The molecule has 0 bridgehead atoms. The highest BCUT2D eigenvalue weighted by Crippen LogP contribution is 2.21. The largest absolute Gasteiger partial charge is 0.480 e. The number of amides is 1. The van der Waals surface area contributed by atoms with Crippen LogP contribution in [0, 0.1) is 0 Å². The molecule has 1 heterocycles. The second kappa shape index (κ2) is 12.6. The van der Waals surface area contributed by atoms with Gasteiger partial charge in [-0.25, -0.2) is 4.79 Å². The van der Waals surface area contributed by atoms with Crippen molar-refractivity contribution in [3.8, 4) is 0 Å². The Kier molecular flexibility index (Phi) is 9.55. The van der Waals surface area contributed by atoms with Crippen molar-refractivity contribution < 1.29 is 23.1 Å². The van der Waals surface area contributed by atoms with Gasteiger partial charge in [-0.3, -0.25) is 4.79 Å². The Morgan fingerprint density at radius 3 is 2.65 bits per heavy atom. The van der Waals surface area contributed by atoms with Crippen LogP contribution in [0.25, 0.3) is 0 Å². The summed E-state index contributed by atoms with van der Waals surface area (Å²) in [5.74, 6) is -0.864. The number of carboxylic acids is 1. The minimum Gasteiger partial charge on any atom is -0.480 e. The van der Waals surface area contributed by atoms with Gasteiger partial charge in [0.05, 0.1) is 10.9 Å². The predicted molar refractivity (Wildman–Crippen MR) is 136 cm³/mol. The van der Waals surface area contributed by atoms with Crippen LogP contribution < -0.4 is 16.0 Å². The molecule has 1 aliphatic heterocycles. The highest BCUT2D eigenvalue weighted by molar-refractivity contribution is 7.98. The maximum atomic E-state index is 13.0. The molecule has 0 spiro atoms. The van der Waals surface area contributed by atoms with Crippen molar-refractivity contribution in [1.82, 2.24) is 10.6 Å². The lowest BCUT2D eigenvalue weighted by molar-refractivity contribution is -0.139. The molecule has 0 aliphatic carbocycles. The first kappa shape index (κ1) is 25.8. The molecule has 4 N–H and O–H groups in total. The summed E-state index contributed by atoms with van der Waals surface area (Å²) in [6.45, 7) is 1.02. The lowest BCUT2D eigenvalue weighted by atomic mass is 9.98. The van der Waals surface area contributed by atoms with E-state index in [0.29, 0.717) is 48.5 Å². The monoisotopic (exact) mass is 503 g/mol. The van der Waals surface area contributed by atoms with Crippen molar-refractivity contribution in [2.75, 3.05) is 30.4 Å². The second-order valence-electron chi connectivity index (χ2n) is 8.02. The van der Waals surface area contributed by atoms with E-state index < -0.39 is 28.2 Å². The number of carbonyl (C=O) groups excluding carboxylic acids is 1. The molecule has 2 aromatic rings. The van der Waals surface area contributed by atoms with Crippen LogP contribution in [0.15, 0.2) is 48.5 Å². The number of hydrogen-bond acceptors (Lipinski definition) is 7. The first-order valence-corrected chi connectivity index (χ1v) is 13.5. The molecule has 34 heavy (non-hydrogen) atoms. The van der Waals surface area contributed by atoms with Gasteiger partial charge in [-0.1, -0.05) is 30.3 Å². The van der Waals surface area contributed by atoms with E-state index in [1.807, 2.05) is 42.7 Å². The van der Waals surface area contributed by atoms with E-state index in [4.69, 9.17) is 0 Å². The van der Waals surface area contributed by atoms with E-state index in [9.17, 15) is 23.1 Å². The van der Waals surface area contributed by atoms with E-state index in [-0.39, 0.29) is 6.04 Å². The van der Waals surface area contributed by atoms with Crippen molar-refractivity contribution in [2.45, 2.75) is 31.3 Å². The van der Waals surface area contributed by atoms with Crippen LogP contribution in [0.5, 0.6) is 0 Å². The minimum atomic E-state index is -2.22. The topological polar surface area (TPSA) is 125 Å². The fraction of sp³-hybridized carbons (Fsp3) is 0.375. The highest BCUT2D eigenvalue weighted by Gasteiger charge is 2.24. The molecular formula is C24H29N3O5S2. The Morgan fingerprint density at radius 2 is 1.97 bits per heavy atom. The van der Waals surface area contributed by atoms with Gasteiger partial charge in [0.25, 0.3) is 5.91 Å². The summed E-state index contributed by atoms with van der Waals surface area (Å²) in [5, 5.41) is 18.6. The van der Waals surface area contributed by atoms with Crippen molar-refractivity contribution >= 4 is 44.5 Å². The van der Waals surface area contributed by atoms with Gasteiger partial charge < -0.3 is 21.1 Å². The molecule has 2 aromatic carbocycles. The molecule has 182 valence electrons. The SMILES string of the molecule is CSCCC(NC(=O)c1ccc(NCC2NCCC2=S(=O)=O)cc1Cc1ccccc1)C(=O)O. The number of benzene rings is 2. The standard InChI is InChI=1S/C24H29N3O5S2/c1-33-12-10-20(24(29)30)27-23(28)19-8-7-18(14-17(19)13-16-5-3-2-4-6-16)26-15-21-22(34(31)32)9-11-25-21/h2-8,14,20-21,25-26H,9-13,15H2,1H3,(H,27,28)(H,29,30). The first-order chi connectivity index (χ1) is 16.4. The molecular weight excluding hydrogens is 474 g/mol. The van der Waals surface area contributed by atoms with E-state index in [0.717, 1.165) is 16.8 Å². The second-order valence-corrected chi connectivity index (χ2v) is 10.00. The zero-order valence-electron chi connectivity index (χ0n) is 18.9. The molecule has 1 fully saturated rings. The minimum absolute atomic E-state index is 0.272. The third-order valence-electron chi connectivity index (χ3n) is 5.68. The molecule has 2 unspecified atom stereocenters. The normalized spacial score (nSPS) is 16.1. The number of hydrogen-bond donors (Lipinski definition) is 4. The first-order valence-electron chi connectivity index (χ1n) is 11.0. The van der Waals surface area contributed by atoms with Crippen molar-refractivity contribution in [3.63, 3.8) is 0 Å². The summed E-state index contributed by atoms with van der Waals surface area (Å²) in [5.41, 5.74) is 2.93. The van der Waals surface area contributed by atoms with E-state index in [1.165, 1.54) is 11.8 Å². The van der Waals surface area contributed by atoms with Crippen LogP contribution in [-0.2, 0) is 21.5 Å². The molecule has 8 nitrogen and oxygen atoms in total. The summed E-state index contributed by atoms with van der Waals surface area (Å²) >= 11 is 1.53. The number of carboxylic acid groups (broad SMARTS) is 1. The molecule has 1 saturated heterocycles. The quantitative estimate of drug-likeness (QED) is 0.344. The number of nitrogens with one attached hydrogen (secondary N) is 3. The summed E-state index contributed by atoms with van der Waals surface area (Å²) in [7, 11) is -2.22. The Labute approximate surface area is 205 Å². The zero-order chi connectivity index (χ0) is 24.5. The van der Waals surface area contributed by atoms with Crippen LogP contribution in [0.2, 0.25) is 0 Å². The Morgan fingerprint density at radius 1 is 1.21 bits per heavy atom. The van der Waals surface area contributed by atoms with Gasteiger partial charge in [0.2, 0.25) is 10.3 Å². The van der Waals surface area contributed by atoms with Crippen LogP contribution >= 0.6 is 11.8 Å². The third-order valence-corrected chi connectivity index (χ3v) is 7.24. The molecule has 10 heteroatoms. The molecule has 2 atom stereocenters. The molecule has 1 amide bonds. The zero-order valence-corrected chi connectivity index (χ0v) is 20.5. The average molecular weight is 504 g/mol. The van der Waals surface area contributed by atoms with Crippen molar-refractivity contribution in [2.24, 2.45) is 0 Å². The van der Waals surface area contributed by atoms with E-state index >= 15 is 0 Å². The van der Waals surface area contributed by atoms with Crippen LogP contribution in [-0.4, -0.2) is 67.4 Å². The maximum Gasteiger partial charge on any atom is 0.326 e. The lowest BCUT2D eigenvalue weighted by Gasteiger charge is -2.18. The maximum absolute atomic E-state index is 13.0. The lowest BCUT2D eigenvalue weighted by Crippen LogP contribution is -2.41. The van der Waals surface area contributed by atoms with Gasteiger partial charge in [-0.2, -0.15) is 20.2 Å². The van der Waals surface area contributed by atoms with Crippen LogP contribution in [0.1, 0.15) is 34.3 Å². The molecule has 1 aliphatic rings. The van der Waals surface area contributed by atoms with Crippen LogP contribution in [0.3, 0.4) is 0 Å². The molecule has 0 saturated carbocycles. The Bertz CT molecular complexity index is 1140. The molecule has 0 radical (unpaired) electrons. The summed E-state index contributed by atoms with van der Waals surface area (Å²) in [6.07, 6.45) is 3.22. The highest BCUT2D eigenvalue weighted by atomic mass is 32.2. The van der Waals surface area contributed by atoms with Gasteiger partial charge in [0.15, 0.2) is 0 Å². The molecule has 3 rings (SSSR count). The fourth-order valence-electron chi connectivity index (χ4n) is 3.88. The number of aliphatic carboxylic acids is 1. The Hall–Kier alpha value is -2.82. The van der Waals surface area contributed by atoms with Gasteiger partial charge in [-0.05, 0) is 60.6 Å². The average Bonchev–Trinajstić information content (AvgIpc) is 3.30. The summed E-state index contributed by atoms with van der Waals surface area (Å²) in [4.78, 5) is 25.1. The smallest absolute Gasteiger partial charge is 0.326 e.